The highest BCUT2D eigenvalue weighted by Gasteiger charge is 2.20. The molecule has 1 N–H and O–H groups in total. The maximum Gasteiger partial charge on any atom is 0.257 e. The van der Waals surface area contributed by atoms with Crippen molar-refractivity contribution in [1.29, 1.82) is 0 Å². The summed E-state index contributed by atoms with van der Waals surface area (Å²) in [6.07, 6.45) is 0. The maximum atomic E-state index is 14.2. The van der Waals surface area contributed by atoms with Gasteiger partial charge in [-0.2, -0.15) is 0 Å². The van der Waals surface area contributed by atoms with E-state index in [1.165, 1.54) is 20.3 Å². The van der Waals surface area contributed by atoms with Crippen molar-refractivity contribution < 1.29 is 18.7 Å². The van der Waals surface area contributed by atoms with Crippen LogP contribution in [0.25, 0.3) is 5.69 Å². The SMILES string of the molecule is COc1cc(NC(=O)c2cc(C)n(-c3ccccc3F)c2C)c(OC)cc1Cl. The van der Waals surface area contributed by atoms with Crippen molar-refractivity contribution in [3.05, 3.63) is 70.3 Å². The van der Waals surface area contributed by atoms with Crippen molar-refractivity contribution in [1.82, 2.24) is 4.57 Å². The molecule has 0 aliphatic heterocycles. The van der Waals surface area contributed by atoms with E-state index in [9.17, 15) is 9.18 Å². The molecule has 146 valence electrons. The molecule has 0 aliphatic rings. The van der Waals surface area contributed by atoms with Gasteiger partial charge in [-0.3, -0.25) is 4.79 Å². The van der Waals surface area contributed by atoms with Crippen molar-refractivity contribution in [2.75, 3.05) is 19.5 Å². The largest absolute Gasteiger partial charge is 0.495 e. The first-order valence-electron chi connectivity index (χ1n) is 8.54. The van der Waals surface area contributed by atoms with E-state index < -0.39 is 0 Å². The van der Waals surface area contributed by atoms with Crippen LogP contribution in [0.1, 0.15) is 21.7 Å². The summed E-state index contributed by atoms with van der Waals surface area (Å²) in [4.78, 5) is 12.9. The molecule has 1 heterocycles. The Balaban J connectivity index is 1.99. The van der Waals surface area contributed by atoms with Gasteiger partial charge in [0.2, 0.25) is 0 Å². The molecule has 0 saturated carbocycles. The van der Waals surface area contributed by atoms with Gasteiger partial charge in [0.15, 0.2) is 0 Å². The van der Waals surface area contributed by atoms with E-state index in [0.29, 0.717) is 39.2 Å². The van der Waals surface area contributed by atoms with Gasteiger partial charge in [0.25, 0.3) is 5.91 Å². The van der Waals surface area contributed by atoms with Gasteiger partial charge in [-0.25, -0.2) is 4.39 Å². The number of hydrogen-bond donors (Lipinski definition) is 1. The number of methoxy groups -OCH3 is 2. The Kier molecular flexibility index (Phi) is 5.61. The number of rotatable bonds is 5. The molecule has 1 amide bonds. The van der Waals surface area contributed by atoms with E-state index >= 15 is 0 Å². The minimum Gasteiger partial charge on any atom is -0.495 e. The van der Waals surface area contributed by atoms with Crippen molar-refractivity contribution >= 4 is 23.2 Å². The number of ether oxygens (including phenoxy) is 2. The molecular weight excluding hydrogens is 383 g/mol. The van der Waals surface area contributed by atoms with Crippen LogP contribution < -0.4 is 14.8 Å². The smallest absolute Gasteiger partial charge is 0.257 e. The number of amides is 1. The van der Waals surface area contributed by atoms with Crippen molar-refractivity contribution in [3.8, 4) is 17.2 Å². The standard InChI is InChI=1S/C21H20ClFN2O3/c1-12-9-14(13(2)25(12)18-8-6-5-7-16(18)23)21(26)24-17-11-19(27-3)15(22)10-20(17)28-4/h5-11H,1-4H3,(H,24,26). The predicted molar refractivity (Wildman–Crippen MR) is 108 cm³/mol. The lowest BCUT2D eigenvalue weighted by molar-refractivity contribution is 0.102. The van der Waals surface area contributed by atoms with Gasteiger partial charge in [0.05, 0.1) is 36.2 Å². The fraction of sp³-hybridized carbons (Fsp3) is 0.190. The van der Waals surface area contributed by atoms with Gasteiger partial charge in [-0.05, 0) is 32.0 Å². The average molecular weight is 403 g/mol. The topological polar surface area (TPSA) is 52.5 Å². The van der Waals surface area contributed by atoms with E-state index in [1.54, 1.807) is 47.9 Å². The van der Waals surface area contributed by atoms with Crippen LogP contribution >= 0.6 is 11.6 Å². The van der Waals surface area contributed by atoms with Gasteiger partial charge < -0.3 is 19.4 Å². The molecule has 0 aliphatic carbocycles. The van der Waals surface area contributed by atoms with Crippen LogP contribution in [-0.4, -0.2) is 24.7 Å². The van der Waals surface area contributed by atoms with Gasteiger partial charge in [-0.15, -0.1) is 0 Å². The molecule has 28 heavy (non-hydrogen) atoms. The number of nitrogens with one attached hydrogen (secondary N) is 1. The van der Waals surface area contributed by atoms with Crippen LogP contribution in [0.2, 0.25) is 5.02 Å². The summed E-state index contributed by atoms with van der Waals surface area (Å²) >= 11 is 6.11. The van der Waals surface area contributed by atoms with Gasteiger partial charge in [0, 0.05) is 23.5 Å². The zero-order valence-electron chi connectivity index (χ0n) is 16.0. The molecular formula is C21H20ClFN2O3. The molecule has 0 bridgehead atoms. The highest BCUT2D eigenvalue weighted by Crippen LogP contribution is 2.36. The fourth-order valence-electron chi connectivity index (χ4n) is 3.14. The number of nitrogens with zero attached hydrogens (tertiary/aromatic N) is 1. The molecule has 3 rings (SSSR count). The fourth-order valence-corrected chi connectivity index (χ4v) is 3.38. The number of carbonyl (C=O) groups excluding carboxylic acids is 1. The van der Waals surface area contributed by atoms with Crippen molar-refractivity contribution in [3.63, 3.8) is 0 Å². The monoisotopic (exact) mass is 402 g/mol. The molecule has 1 aromatic heterocycles. The summed E-state index contributed by atoms with van der Waals surface area (Å²) in [5, 5.41) is 3.19. The zero-order valence-corrected chi connectivity index (χ0v) is 16.7. The summed E-state index contributed by atoms with van der Waals surface area (Å²) in [6, 6.07) is 11.3. The molecule has 0 saturated heterocycles. The first kappa shape index (κ1) is 19.8. The van der Waals surface area contributed by atoms with Crippen molar-refractivity contribution in [2.24, 2.45) is 0 Å². The van der Waals surface area contributed by atoms with Gasteiger partial charge >= 0.3 is 0 Å². The summed E-state index contributed by atoms with van der Waals surface area (Å²) < 4.78 is 26.5. The first-order chi connectivity index (χ1) is 13.4. The molecule has 5 nitrogen and oxygen atoms in total. The number of aromatic nitrogens is 1. The Labute approximate surface area is 167 Å². The van der Waals surface area contributed by atoms with E-state index in [1.807, 2.05) is 6.92 Å². The number of benzene rings is 2. The Hall–Kier alpha value is -2.99. The third kappa shape index (κ3) is 3.55. The average Bonchev–Trinajstić information content (AvgIpc) is 2.97. The van der Waals surface area contributed by atoms with E-state index in [4.69, 9.17) is 21.1 Å². The van der Waals surface area contributed by atoms with Crippen LogP contribution in [0.15, 0.2) is 42.5 Å². The van der Waals surface area contributed by atoms with Crippen LogP contribution in [0.3, 0.4) is 0 Å². The molecule has 0 atom stereocenters. The number of hydrogen-bond acceptors (Lipinski definition) is 3. The minimum absolute atomic E-state index is 0.349. The second-order valence-corrected chi connectivity index (χ2v) is 6.62. The van der Waals surface area contributed by atoms with Crippen LogP contribution in [0.5, 0.6) is 11.5 Å². The zero-order chi connectivity index (χ0) is 20.4. The molecule has 0 unspecified atom stereocenters. The van der Waals surface area contributed by atoms with Crippen LogP contribution in [0.4, 0.5) is 10.1 Å². The highest BCUT2D eigenvalue weighted by atomic mass is 35.5. The molecule has 0 spiro atoms. The normalized spacial score (nSPS) is 10.6. The van der Waals surface area contributed by atoms with E-state index in [-0.39, 0.29) is 11.7 Å². The second-order valence-electron chi connectivity index (χ2n) is 6.21. The Morgan fingerprint density at radius 2 is 1.75 bits per heavy atom. The second kappa shape index (κ2) is 7.94. The minimum atomic E-state index is -0.361. The highest BCUT2D eigenvalue weighted by molar-refractivity contribution is 6.32. The van der Waals surface area contributed by atoms with E-state index in [0.717, 1.165) is 5.69 Å². The van der Waals surface area contributed by atoms with Gasteiger partial charge in [0.1, 0.15) is 17.3 Å². The maximum absolute atomic E-state index is 14.2. The van der Waals surface area contributed by atoms with Crippen LogP contribution in [0, 0.1) is 19.7 Å². The first-order valence-corrected chi connectivity index (χ1v) is 8.92. The molecule has 0 radical (unpaired) electrons. The molecule has 0 fully saturated rings. The quantitative estimate of drug-likeness (QED) is 0.641. The number of anilines is 1. The Bertz CT molecular complexity index is 1050. The third-order valence-electron chi connectivity index (χ3n) is 4.49. The summed E-state index contributed by atoms with van der Waals surface area (Å²) in [5.74, 6) is 0.107. The number of carbonyl (C=O) groups is 1. The van der Waals surface area contributed by atoms with E-state index in [2.05, 4.69) is 5.32 Å². The lowest BCUT2D eigenvalue weighted by atomic mass is 10.2. The third-order valence-corrected chi connectivity index (χ3v) is 4.79. The molecule has 2 aromatic carbocycles. The number of halogens is 2. The lowest BCUT2D eigenvalue weighted by Crippen LogP contribution is -2.14. The Morgan fingerprint density at radius 1 is 1.07 bits per heavy atom. The number of aryl methyl sites for hydroxylation is 1. The van der Waals surface area contributed by atoms with Crippen LogP contribution in [-0.2, 0) is 0 Å². The molecule has 3 aromatic rings. The van der Waals surface area contributed by atoms with Gasteiger partial charge in [-0.1, -0.05) is 23.7 Å². The molecule has 7 heteroatoms. The Morgan fingerprint density at radius 3 is 2.39 bits per heavy atom. The summed E-state index contributed by atoms with van der Waals surface area (Å²) in [6.45, 7) is 3.59. The summed E-state index contributed by atoms with van der Waals surface area (Å²) in [5.41, 5.74) is 2.61. The lowest BCUT2D eigenvalue weighted by Gasteiger charge is -2.14. The predicted octanol–water partition coefficient (Wildman–Crippen LogP) is 5.16. The number of para-hydroxylation sites is 1. The summed E-state index contributed by atoms with van der Waals surface area (Å²) in [7, 11) is 2.97. The van der Waals surface area contributed by atoms with Crippen molar-refractivity contribution in [2.45, 2.75) is 13.8 Å².